The van der Waals surface area contributed by atoms with E-state index in [1.807, 2.05) is 31.2 Å². The van der Waals surface area contributed by atoms with Crippen LogP contribution in [0.3, 0.4) is 0 Å². The van der Waals surface area contributed by atoms with Crippen molar-refractivity contribution in [3.63, 3.8) is 0 Å². The van der Waals surface area contributed by atoms with E-state index in [0.29, 0.717) is 19.7 Å². The third-order valence-electron chi connectivity index (χ3n) is 4.37. The number of amides is 2. The lowest BCUT2D eigenvalue weighted by molar-refractivity contribution is 0.236. The Hall–Kier alpha value is -2.69. The Morgan fingerprint density at radius 2 is 1.58 bits per heavy atom. The molecule has 2 aromatic carbocycles. The lowest BCUT2D eigenvalue weighted by atomic mass is 10.1. The number of benzene rings is 2. The smallest absolute Gasteiger partial charge is 0.314 e. The molecular formula is C21H28N2O3. The second-order valence-corrected chi connectivity index (χ2v) is 6.28. The molecule has 0 aromatic heterocycles. The van der Waals surface area contributed by atoms with Gasteiger partial charge in [0.2, 0.25) is 0 Å². The molecule has 26 heavy (non-hydrogen) atoms. The fourth-order valence-electron chi connectivity index (χ4n) is 2.64. The molecule has 5 heteroatoms. The molecule has 0 aliphatic carbocycles. The van der Waals surface area contributed by atoms with Crippen molar-refractivity contribution in [2.45, 2.75) is 27.2 Å². The van der Waals surface area contributed by atoms with E-state index in [9.17, 15) is 4.79 Å². The molecular weight excluding hydrogens is 328 g/mol. The maximum atomic E-state index is 11.8. The van der Waals surface area contributed by atoms with E-state index < -0.39 is 0 Å². The fraction of sp³-hybridized carbons (Fsp3) is 0.381. The van der Waals surface area contributed by atoms with Crippen LogP contribution in [0.4, 0.5) is 4.79 Å². The maximum absolute atomic E-state index is 11.8. The van der Waals surface area contributed by atoms with Gasteiger partial charge in [-0.3, -0.25) is 0 Å². The van der Waals surface area contributed by atoms with E-state index in [1.165, 1.54) is 5.56 Å². The highest BCUT2D eigenvalue weighted by Gasteiger charge is 2.06. The first-order chi connectivity index (χ1) is 12.5. The van der Waals surface area contributed by atoms with Gasteiger partial charge in [-0.05, 0) is 61.6 Å². The van der Waals surface area contributed by atoms with Crippen LogP contribution in [0, 0.1) is 20.8 Å². The molecule has 0 fully saturated rings. The SMILES string of the molecule is COc1ccc(CCNC(=O)NCCOc2c(C)ccc(C)c2C)cc1. The standard InChI is InChI=1S/C21H28N2O3/c1-15-5-6-16(2)20(17(15)3)26-14-13-23-21(24)22-12-11-18-7-9-19(25-4)10-8-18/h5-10H,11-14H2,1-4H3,(H2,22,23,24). The molecule has 0 saturated heterocycles. The summed E-state index contributed by atoms with van der Waals surface area (Å²) in [6.45, 7) is 7.63. The van der Waals surface area contributed by atoms with Crippen molar-refractivity contribution in [2.24, 2.45) is 0 Å². The molecule has 0 spiro atoms. The maximum Gasteiger partial charge on any atom is 0.314 e. The van der Waals surface area contributed by atoms with Crippen LogP contribution in [-0.4, -0.2) is 32.8 Å². The number of hydrogen-bond donors (Lipinski definition) is 2. The summed E-state index contributed by atoms with van der Waals surface area (Å²) in [5, 5.41) is 5.67. The van der Waals surface area contributed by atoms with Gasteiger partial charge in [0.25, 0.3) is 0 Å². The number of methoxy groups -OCH3 is 1. The van der Waals surface area contributed by atoms with Gasteiger partial charge in [-0.2, -0.15) is 0 Å². The van der Waals surface area contributed by atoms with Crippen molar-refractivity contribution in [1.82, 2.24) is 10.6 Å². The summed E-state index contributed by atoms with van der Waals surface area (Å²) in [7, 11) is 1.65. The zero-order chi connectivity index (χ0) is 18.9. The molecule has 0 radical (unpaired) electrons. The quantitative estimate of drug-likeness (QED) is 0.711. The predicted molar refractivity (Wildman–Crippen MR) is 104 cm³/mol. The highest BCUT2D eigenvalue weighted by atomic mass is 16.5. The molecule has 0 atom stereocenters. The number of nitrogens with one attached hydrogen (secondary N) is 2. The summed E-state index contributed by atoms with van der Waals surface area (Å²) in [6.07, 6.45) is 0.773. The lowest BCUT2D eigenvalue weighted by Crippen LogP contribution is -2.38. The minimum absolute atomic E-state index is 0.181. The molecule has 0 heterocycles. The van der Waals surface area contributed by atoms with Gasteiger partial charge >= 0.3 is 6.03 Å². The highest BCUT2D eigenvalue weighted by molar-refractivity contribution is 5.73. The van der Waals surface area contributed by atoms with Crippen LogP contribution in [0.15, 0.2) is 36.4 Å². The number of carbonyl (C=O) groups excluding carboxylic acids is 1. The fourth-order valence-corrected chi connectivity index (χ4v) is 2.64. The van der Waals surface area contributed by atoms with E-state index in [1.54, 1.807) is 7.11 Å². The van der Waals surface area contributed by atoms with E-state index in [-0.39, 0.29) is 6.03 Å². The first-order valence-electron chi connectivity index (χ1n) is 8.85. The third kappa shape index (κ3) is 5.69. The summed E-state index contributed by atoms with van der Waals surface area (Å²) in [6, 6.07) is 11.8. The molecule has 2 amide bonds. The molecule has 0 aliphatic rings. The zero-order valence-electron chi connectivity index (χ0n) is 16.0. The van der Waals surface area contributed by atoms with Gasteiger partial charge in [0.15, 0.2) is 0 Å². The van der Waals surface area contributed by atoms with E-state index in [4.69, 9.17) is 9.47 Å². The Kier molecular flexibility index (Phi) is 7.33. The summed E-state index contributed by atoms with van der Waals surface area (Å²) >= 11 is 0. The molecule has 5 nitrogen and oxygen atoms in total. The molecule has 140 valence electrons. The number of aryl methyl sites for hydroxylation is 2. The van der Waals surface area contributed by atoms with Gasteiger partial charge in [-0.25, -0.2) is 4.79 Å². The Bertz CT molecular complexity index is 727. The normalized spacial score (nSPS) is 10.3. The molecule has 2 rings (SSSR count). The van der Waals surface area contributed by atoms with Crippen LogP contribution in [0.1, 0.15) is 22.3 Å². The number of ether oxygens (including phenoxy) is 2. The van der Waals surface area contributed by atoms with Gasteiger partial charge in [-0.1, -0.05) is 24.3 Å². The van der Waals surface area contributed by atoms with Gasteiger partial charge in [0.1, 0.15) is 18.1 Å². The Morgan fingerprint density at radius 1 is 0.923 bits per heavy atom. The largest absolute Gasteiger partial charge is 0.497 e. The van der Waals surface area contributed by atoms with Gasteiger partial charge < -0.3 is 20.1 Å². The second-order valence-electron chi connectivity index (χ2n) is 6.28. The van der Waals surface area contributed by atoms with Crippen LogP contribution >= 0.6 is 0 Å². The Balaban J connectivity index is 1.65. The third-order valence-corrected chi connectivity index (χ3v) is 4.37. The van der Waals surface area contributed by atoms with Crippen molar-refractivity contribution >= 4 is 6.03 Å². The van der Waals surface area contributed by atoms with Crippen molar-refractivity contribution in [3.05, 3.63) is 58.7 Å². The first-order valence-corrected chi connectivity index (χ1v) is 8.85. The van der Waals surface area contributed by atoms with Crippen LogP contribution in [0.2, 0.25) is 0 Å². The molecule has 2 N–H and O–H groups in total. The van der Waals surface area contributed by atoms with E-state index >= 15 is 0 Å². The topological polar surface area (TPSA) is 59.6 Å². The number of rotatable bonds is 8. The Morgan fingerprint density at radius 3 is 2.27 bits per heavy atom. The van der Waals surface area contributed by atoms with Crippen LogP contribution in [0.25, 0.3) is 0 Å². The molecule has 0 aliphatic heterocycles. The highest BCUT2D eigenvalue weighted by Crippen LogP contribution is 2.25. The molecule has 0 saturated carbocycles. The van der Waals surface area contributed by atoms with Gasteiger partial charge in [0, 0.05) is 6.54 Å². The number of carbonyl (C=O) groups is 1. The van der Waals surface area contributed by atoms with Crippen LogP contribution in [0.5, 0.6) is 11.5 Å². The minimum Gasteiger partial charge on any atom is -0.497 e. The van der Waals surface area contributed by atoms with Crippen molar-refractivity contribution < 1.29 is 14.3 Å². The van der Waals surface area contributed by atoms with E-state index in [0.717, 1.165) is 34.6 Å². The van der Waals surface area contributed by atoms with Crippen molar-refractivity contribution in [1.29, 1.82) is 0 Å². The zero-order valence-corrected chi connectivity index (χ0v) is 16.0. The average Bonchev–Trinajstić information content (AvgIpc) is 2.65. The summed E-state index contributed by atoms with van der Waals surface area (Å²) in [4.78, 5) is 11.8. The lowest BCUT2D eigenvalue weighted by Gasteiger charge is -2.14. The number of urea groups is 1. The molecule has 0 unspecified atom stereocenters. The summed E-state index contributed by atoms with van der Waals surface area (Å²) in [5.41, 5.74) is 4.61. The first kappa shape index (κ1) is 19.6. The van der Waals surface area contributed by atoms with Crippen LogP contribution < -0.4 is 20.1 Å². The second kappa shape index (κ2) is 9.70. The minimum atomic E-state index is -0.181. The Labute approximate surface area is 155 Å². The van der Waals surface area contributed by atoms with Crippen molar-refractivity contribution in [3.8, 4) is 11.5 Å². The van der Waals surface area contributed by atoms with Gasteiger partial charge in [0.05, 0.1) is 13.7 Å². The summed E-state index contributed by atoms with van der Waals surface area (Å²) < 4.78 is 11.0. The summed E-state index contributed by atoms with van der Waals surface area (Å²) in [5.74, 6) is 1.74. The number of hydrogen-bond acceptors (Lipinski definition) is 3. The molecule has 0 bridgehead atoms. The van der Waals surface area contributed by atoms with Crippen LogP contribution in [-0.2, 0) is 6.42 Å². The van der Waals surface area contributed by atoms with Gasteiger partial charge in [-0.15, -0.1) is 0 Å². The average molecular weight is 356 g/mol. The monoisotopic (exact) mass is 356 g/mol. The predicted octanol–water partition coefficient (Wildman–Crippen LogP) is 3.54. The van der Waals surface area contributed by atoms with Crippen molar-refractivity contribution in [2.75, 3.05) is 26.8 Å². The molecule has 2 aromatic rings. The van der Waals surface area contributed by atoms with E-state index in [2.05, 4.69) is 36.6 Å².